The van der Waals surface area contributed by atoms with E-state index in [1.165, 1.54) is 11.1 Å². The van der Waals surface area contributed by atoms with Gasteiger partial charge in [0.25, 0.3) is 0 Å². The zero-order valence-electron chi connectivity index (χ0n) is 11.3. The minimum absolute atomic E-state index is 0.751. The molecule has 94 valence electrons. The Hall–Kier alpha value is -1.96. The van der Waals surface area contributed by atoms with Crippen molar-refractivity contribution in [2.45, 2.75) is 27.7 Å². The molecule has 0 N–H and O–H groups in total. The molecule has 0 spiro atoms. The Kier molecular flexibility index (Phi) is 3.56. The molecule has 0 unspecified atom stereocenters. The van der Waals surface area contributed by atoms with E-state index in [9.17, 15) is 0 Å². The number of hydrogen-bond donors (Lipinski definition) is 0. The van der Waals surface area contributed by atoms with Crippen molar-refractivity contribution in [3.63, 3.8) is 0 Å². The first kappa shape index (κ1) is 12.5. The van der Waals surface area contributed by atoms with E-state index in [0.29, 0.717) is 0 Å². The number of aryl methyl sites for hydroxylation is 4. The van der Waals surface area contributed by atoms with Crippen molar-refractivity contribution in [3.05, 3.63) is 58.7 Å². The van der Waals surface area contributed by atoms with Crippen LogP contribution in [0.3, 0.4) is 0 Å². The number of rotatable bonds is 3. The summed E-state index contributed by atoms with van der Waals surface area (Å²) in [6.45, 7) is 8.13. The fourth-order valence-electron chi connectivity index (χ4n) is 1.88. The first-order chi connectivity index (χ1) is 8.56. The quantitative estimate of drug-likeness (QED) is 0.590. The van der Waals surface area contributed by atoms with Crippen LogP contribution in [-0.4, -0.2) is 0 Å². The lowest BCUT2D eigenvalue weighted by Gasteiger charge is -2.10. The van der Waals surface area contributed by atoms with Gasteiger partial charge in [-0.05, 0) is 51.0 Å². The molecule has 2 aromatic carbocycles. The molecule has 2 rings (SSSR count). The summed E-state index contributed by atoms with van der Waals surface area (Å²) in [6.07, 6.45) is 0. The van der Waals surface area contributed by atoms with E-state index in [4.69, 9.17) is 9.78 Å². The van der Waals surface area contributed by atoms with E-state index in [0.717, 1.165) is 22.6 Å². The van der Waals surface area contributed by atoms with Gasteiger partial charge in [0.05, 0.1) is 0 Å². The predicted octanol–water partition coefficient (Wildman–Crippen LogP) is 4.29. The van der Waals surface area contributed by atoms with Crippen molar-refractivity contribution < 1.29 is 9.78 Å². The molecule has 0 aliphatic rings. The highest BCUT2D eigenvalue weighted by Crippen LogP contribution is 2.23. The molecule has 18 heavy (non-hydrogen) atoms. The SMILES string of the molecule is Cc1ccc(OOc2ccc(C)cc2C)c(C)c1. The molecule has 2 heteroatoms. The van der Waals surface area contributed by atoms with Crippen LogP contribution in [0, 0.1) is 27.7 Å². The Morgan fingerprint density at radius 3 is 1.33 bits per heavy atom. The van der Waals surface area contributed by atoms with Crippen molar-refractivity contribution in [1.29, 1.82) is 0 Å². The molecule has 0 atom stereocenters. The van der Waals surface area contributed by atoms with Crippen molar-refractivity contribution in [2.24, 2.45) is 0 Å². The fraction of sp³-hybridized carbons (Fsp3) is 0.250. The Labute approximate surface area is 108 Å². The minimum Gasteiger partial charge on any atom is -0.290 e. The average molecular weight is 242 g/mol. The topological polar surface area (TPSA) is 18.5 Å². The molecule has 0 heterocycles. The zero-order valence-corrected chi connectivity index (χ0v) is 11.3. The lowest BCUT2D eigenvalue weighted by molar-refractivity contribution is -0.101. The van der Waals surface area contributed by atoms with Gasteiger partial charge in [0.1, 0.15) is 0 Å². The maximum Gasteiger partial charge on any atom is 0.181 e. The lowest BCUT2D eigenvalue weighted by atomic mass is 10.1. The molecule has 2 nitrogen and oxygen atoms in total. The maximum atomic E-state index is 5.40. The summed E-state index contributed by atoms with van der Waals surface area (Å²) in [5, 5.41) is 0. The molecule has 0 saturated carbocycles. The number of benzene rings is 2. The first-order valence-corrected chi connectivity index (χ1v) is 6.05. The van der Waals surface area contributed by atoms with Gasteiger partial charge in [-0.15, -0.1) is 0 Å². The van der Waals surface area contributed by atoms with Crippen LogP contribution in [0.2, 0.25) is 0 Å². The molecule has 2 aromatic rings. The van der Waals surface area contributed by atoms with E-state index in [1.54, 1.807) is 0 Å². The van der Waals surface area contributed by atoms with E-state index in [2.05, 4.69) is 26.0 Å². The van der Waals surface area contributed by atoms with Gasteiger partial charge >= 0.3 is 0 Å². The third kappa shape index (κ3) is 2.83. The van der Waals surface area contributed by atoms with Crippen molar-refractivity contribution in [1.82, 2.24) is 0 Å². The van der Waals surface area contributed by atoms with Gasteiger partial charge < -0.3 is 0 Å². The summed E-state index contributed by atoms with van der Waals surface area (Å²) >= 11 is 0. The van der Waals surface area contributed by atoms with Crippen LogP contribution in [0.5, 0.6) is 11.5 Å². The molecule has 0 aliphatic heterocycles. The van der Waals surface area contributed by atoms with Crippen LogP contribution in [0.25, 0.3) is 0 Å². The van der Waals surface area contributed by atoms with Gasteiger partial charge in [-0.3, -0.25) is 9.78 Å². The van der Waals surface area contributed by atoms with Gasteiger partial charge in [-0.1, -0.05) is 35.4 Å². The Bertz CT molecular complexity index is 508. The molecule has 0 saturated heterocycles. The van der Waals surface area contributed by atoms with Gasteiger partial charge in [-0.2, -0.15) is 0 Å². The van der Waals surface area contributed by atoms with E-state index >= 15 is 0 Å². The second-order valence-electron chi connectivity index (χ2n) is 4.70. The average Bonchev–Trinajstić information content (AvgIpc) is 2.30. The van der Waals surface area contributed by atoms with Crippen LogP contribution < -0.4 is 9.78 Å². The van der Waals surface area contributed by atoms with Crippen molar-refractivity contribution >= 4 is 0 Å². The fourth-order valence-corrected chi connectivity index (χ4v) is 1.88. The van der Waals surface area contributed by atoms with Crippen molar-refractivity contribution in [3.8, 4) is 11.5 Å². The Morgan fingerprint density at radius 1 is 0.611 bits per heavy atom. The molecule has 0 aliphatic carbocycles. The van der Waals surface area contributed by atoms with Crippen molar-refractivity contribution in [2.75, 3.05) is 0 Å². The molecular weight excluding hydrogens is 224 g/mol. The summed E-state index contributed by atoms with van der Waals surface area (Å²) in [6, 6.07) is 12.0. The normalized spacial score (nSPS) is 10.2. The molecule has 0 aromatic heterocycles. The van der Waals surface area contributed by atoms with Crippen LogP contribution in [-0.2, 0) is 0 Å². The Morgan fingerprint density at radius 2 is 1.00 bits per heavy atom. The van der Waals surface area contributed by atoms with Gasteiger partial charge in [-0.25, -0.2) is 0 Å². The zero-order chi connectivity index (χ0) is 13.1. The third-order valence-electron chi connectivity index (χ3n) is 2.88. The second-order valence-corrected chi connectivity index (χ2v) is 4.70. The number of hydrogen-bond acceptors (Lipinski definition) is 2. The van der Waals surface area contributed by atoms with Crippen LogP contribution in [0.4, 0.5) is 0 Å². The third-order valence-corrected chi connectivity index (χ3v) is 2.88. The van der Waals surface area contributed by atoms with E-state index in [1.807, 2.05) is 38.1 Å². The maximum absolute atomic E-state index is 5.40. The summed E-state index contributed by atoms with van der Waals surface area (Å²) in [5.74, 6) is 1.50. The molecule has 0 amide bonds. The second kappa shape index (κ2) is 5.13. The lowest BCUT2D eigenvalue weighted by Crippen LogP contribution is -2.03. The van der Waals surface area contributed by atoms with Gasteiger partial charge in [0.2, 0.25) is 0 Å². The summed E-state index contributed by atoms with van der Waals surface area (Å²) in [7, 11) is 0. The first-order valence-electron chi connectivity index (χ1n) is 6.05. The predicted molar refractivity (Wildman–Crippen MR) is 73.1 cm³/mol. The molecule has 0 bridgehead atoms. The monoisotopic (exact) mass is 242 g/mol. The Balaban J connectivity index is 2.11. The smallest absolute Gasteiger partial charge is 0.181 e. The standard InChI is InChI=1S/C16H18O2/c1-11-5-7-15(13(3)9-11)17-18-16-8-6-12(2)10-14(16)4/h5-10H,1-4H3. The van der Waals surface area contributed by atoms with Crippen LogP contribution in [0.1, 0.15) is 22.3 Å². The highest BCUT2D eigenvalue weighted by atomic mass is 17.2. The van der Waals surface area contributed by atoms with Gasteiger partial charge in [0.15, 0.2) is 11.5 Å². The minimum atomic E-state index is 0.751. The summed E-state index contributed by atoms with van der Waals surface area (Å²) in [5.41, 5.74) is 4.57. The largest absolute Gasteiger partial charge is 0.290 e. The summed E-state index contributed by atoms with van der Waals surface area (Å²) < 4.78 is 0. The van der Waals surface area contributed by atoms with Crippen LogP contribution >= 0.6 is 0 Å². The highest BCUT2D eigenvalue weighted by Gasteiger charge is 2.04. The molecular formula is C16H18O2. The highest BCUT2D eigenvalue weighted by molar-refractivity contribution is 5.37. The van der Waals surface area contributed by atoms with Gasteiger partial charge in [0, 0.05) is 0 Å². The van der Waals surface area contributed by atoms with Crippen LogP contribution in [0.15, 0.2) is 36.4 Å². The van der Waals surface area contributed by atoms with E-state index in [-0.39, 0.29) is 0 Å². The molecule has 0 radical (unpaired) electrons. The van der Waals surface area contributed by atoms with E-state index < -0.39 is 0 Å². The summed E-state index contributed by atoms with van der Waals surface area (Å²) in [4.78, 5) is 10.8. The molecule has 0 fully saturated rings.